The highest BCUT2D eigenvalue weighted by molar-refractivity contribution is 7.98. The van der Waals surface area contributed by atoms with E-state index in [0.717, 1.165) is 31.7 Å². The summed E-state index contributed by atoms with van der Waals surface area (Å²) in [5.41, 5.74) is 12.7. The zero-order chi connectivity index (χ0) is 38.3. The number of hydrogen-bond acceptors (Lipinski definition) is 6. The number of thioether (sulfide) groups is 1. The average Bonchev–Trinajstić information content (AvgIpc) is 3.89. The summed E-state index contributed by atoms with van der Waals surface area (Å²) in [4.78, 5) is 27.6. The number of nitrogens with two attached hydrogens (primary N) is 2. The molecule has 2 aromatic carbocycles. The molecule has 1 aliphatic carbocycles. The van der Waals surface area contributed by atoms with Crippen LogP contribution >= 0.6 is 11.8 Å². The van der Waals surface area contributed by atoms with Gasteiger partial charge in [0.15, 0.2) is 0 Å². The third kappa shape index (κ3) is 10.5. The molecule has 0 saturated heterocycles. The number of aromatic amines is 1. The lowest BCUT2D eigenvalue weighted by Gasteiger charge is -2.33. The maximum absolute atomic E-state index is 16.4. The Bertz CT molecular complexity index is 1930. The Labute approximate surface area is 311 Å². The van der Waals surface area contributed by atoms with Crippen LogP contribution < -0.4 is 17.2 Å². The van der Waals surface area contributed by atoms with Gasteiger partial charge in [-0.1, -0.05) is 13.3 Å². The van der Waals surface area contributed by atoms with E-state index in [1.807, 2.05) is 13.2 Å². The molecule has 1 saturated carbocycles. The lowest BCUT2D eigenvalue weighted by molar-refractivity contribution is -0.137. The summed E-state index contributed by atoms with van der Waals surface area (Å²) in [6, 6.07) is 8.44. The molecule has 8 nitrogen and oxygen atoms in total. The molecular weight excluding hydrogens is 710 g/mol. The van der Waals surface area contributed by atoms with Crippen LogP contribution in [-0.4, -0.2) is 63.9 Å². The van der Waals surface area contributed by atoms with E-state index in [2.05, 4.69) is 19.9 Å². The van der Waals surface area contributed by atoms with Crippen LogP contribution in [0.4, 0.5) is 22.0 Å². The number of alkyl halides is 4. The molecule has 5 rings (SSSR count). The Morgan fingerprint density at radius 1 is 1.11 bits per heavy atom. The van der Waals surface area contributed by atoms with Gasteiger partial charge < -0.3 is 16.5 Å². The van der Waals surface area contributed by atoms with E-state index >= 15 is 4.39 Å². The van der Waals surface area contributed by atoms with Gasteiger partial charge in [0.05, 0.1) is 23.8 Å². The number of H-pyrrole nitrogens is 1. The molecule has 1 aliphatic rings. The van der Waals surface area contributed by atoms with Gasteiger partial charge in [0, 0.05) is 59.5 Å². The first-order valence-electron chi connectivity index (χ1n) is 18.4. The molecule has 2 unspecified atom stereocenters. The molecule has 0 amide bonds. The summed E-state index contributed by atoms with van der Waals surface area (Å²) in [6.07, 6.45) is 5.31. The van der Waals surface area contributed by atoms with Crippen molar-refractivity contribution in [2.75, 3.05) is 32.6 Å². The van der Waals surface area contributed by atoms with E-state index in [4.69, 9.17) is 11.5 Å². The molecule has 2 aromatic heterocycles. The lowest BCUT2D eigenvalue weighted by atomic mass is 9.98. The lowest BCUT2D eigenvalue weighted by Crippen LogP contribution is -2.33. The summed E-state index contributed by atoms with van der Waals surface area (Å²) in [5, 5.41) is 0.473. The van der Waals surface area contributed by atoms with Crippen molar-refractivity contribution in [1.29, 1.82) is 0 Å². The summed E-state index contributed by atoms with van der Waals surface area (Å²) >= 11 is 1.35. The number of aliphatic imine (C=N–C) groups is 1. The number of fused-ring (bicyclic) bond motifs is 1. The SMILES string of the molecule is CCCC(c1c(F)cc(-n2cc3cc(-c4cc(CCCC(N)C5CC5)cc(C(F)(F)F)c4)[nH]c3nc2=O)cc1SC)N(CCCF)CCCN=C(C)N. The Hall–Kier alpha value is -3.75. The molecule has 14 heteroatoms. The maximum Gasteiger partial charge on any atom is 0.416 e. The van der Waals surface area contributed by atoms with E-state index in [9.17, 15) is 22.4 Å². The minimum atomic E-state index is -4.55. The minimum absolute atomic E-state index is 0.0706. The van der Waals surface area contributed by atoms with Crippen molar-refractivity contribution in [3.63, 3.8) is 0 Å². The third-order valence-corrected chi connectivity index (χ3v) is 10.6. The van der Waals surface area contributed by atoms with Crippen molar-refractivity contribution in [2.24, 2.45) is 22.4 Å². The number of nitrogens with zero attached hydrogens (tertiary/aromatic N) is 4. The number of amidine groups is 1. The fourth-order valence-electron chi connectivity index (χ4n) is 7.00. The van der Waals surface area contributed by atoms with Gasteiger partial charge in [-0.25, -0.2) is 9.18 Å². The second kappa shape index (κ2) is 18.1. The van der Waals surface area contributed by atoms with Crippen LogP contribution in [0.3, 0.4) is 0 Å². The first kappa shape index (κ1) is 40.4. The molecule has 2 heterocycles. The van der Waals surface area contributed by atoms with Gasteiger partial charge in [-0.3, -0.25) is 18.8 Å². The Balaban J connectivity index is 1.47. The quantitative estimate of drug-likeness (QED) is 0.0290. The van der Waals surface area contributed by atoms with Gasteiger partial charge in [0.1, 0.15) is 11.5 Å². The highest BCUT2D eigenvalue weighted by Crippen LogP contribution is 2.38. The van der Waals surface area contributed by atoms with E-state index in [1.54, 1.807) is 25.1 Å². The molecule has 4 aromatic rings. The number of halogens is 5. The van der Waals surface area contributed by atoms with Crippen LogP contribution in [0.5, 0.6) is 0 Å². The van der Waals surface area contributed by atoms with Crippen molar-refractivity contribution < 1.29 is 22.0 Å². The number of aryl methyl sites for hydroxylation is 1. The first-order chi connectivity index (χ1) is 25.3. The highest BCUT2D eigenvalue weighted by atomic mass is 32.2. The van der Waals surface area contributed by atoms with Crippen LogP contribution in [0.2, 0.25) is 0 Å². The second-order valence-corrected chi connectivity index (χ2v) is 14.8. The van der Waals surface area contributed by atoms with Crippen LogP contribution in [0.1, 0.15) is 87.9 Å². The van der Waals surface area contributed by atoms with Crippen molar-refractivity contribution in [3.8, 4) is 16.9 Å². The average molecular weight is 760 g/mol. The fraction of sp³-hybridized carbons (Fsp3) is 0.513. The summed E-state index contributed by atoms with van der Waals surface area (Å²) in [5.74, 6) is 0.503. The third-order valence-electron chi connectivity index (χ3n) is 9.82. The number of rotatable bonds is 19. The van der Waals surface area contributed by atoms with Crippen molar-refractivity contribution in [3.05, 3.63) is 75.6 Å². The second-order valence-electron chi connectivity index (χ2n) is 14.0. The number of aromatic nitrogens is 3. The Morgan fingerprint density at radius 2 is 1.87 bits per heavy atom. The van der Waals surface area contributed by atoms with Gasteiger partial charge >= 0.3 is 11.9 Å². The standard InChI is InChI=1S/C39H50F5N7OS/c1-4-8-34(50(15-6-13-40)16-7-14-47-24(2)45)36-31(41)21-30(22-35(36)53-3)51-23-28-20-33(48-37(28)49-38(51)52)27-17-25(18-29(19-27)39(42,43)44)9-5-10-32(46)26-11-12-26/h17-23,26,32,34H,4-16,46H2,1-3H3,(H2,45,47)(H,48,49,52). The van der Waals surface area contributed by atoms with E-state index in [0.29, 0.717) is 96.2 Å². The molecule has 53 heavy (non-hydrogen) atoms. The molecule has 5 N–H and O–H groups in total. The monoisotopic (exact) mass is 759 g/mol. The van der Waals surface area contributed by atoms with Gasteiger partial charge in [-0.15, -0.1) is 11.8 Å². The highest BCUT2D eigenvalue weighted by Gasteiger charge is 2.32. The molecule has 288 valence electrons. The largest absolute Gasteiger partial charge is 0.416 e. The van der Waals surface area contributed by atoms with Gasteiger partial charge in [0.25, 0.3) is 0 Å². The zero-order valence-corrected chi connectivity index (χ0v) is 31.4. The van der Waals surface area contributed by atoms with Gasteiger partial charge in [0.2, 0.25) is 0 Å². The molecular formula is C39H50F5N7OS. The molecule has 0 radical (unpaired) electrons. The number of hydrogen-bond donors (Lipinski definition) is 3. The summed E-state index contributed by atoms with van der Waals surface area (Å²) in [7, 11) is 0. The fourth-order valence-corrected chi connectivity index (χ4v) is 7.69. The Morgan fingerprint density at radius 3 is 2.53 bits per heavy atom. The predicted molar refractivity (Wildman–Crippen MR) is 204 cm³/mol. The van der Waals surface area contributed by atoms with Crippen LogP contribution in [0.25, 0.3) is 28.0 Å². The normalized spacial score (nSPS) is 15.1. The van der Waals surface area contributed by atoms with Gasteiger partial charge in [-0.2, -0.15) is 18.2 Å². The van der Waals surface area contributed by atoms with Crippen LogP contribution in [0.15, 0.2) is 57.3 Å². The predicted octanol–water partition coefficient (Wildman–Crippen LogP) is 8.59. The molecule has 2 atom stereocenters. The van der Waals surface area contributed by atoms with E-state index in [1.165, 1.54) is 34.7 Å². The van der Waals surface area contributed by atoms with Crippen molar-refractivity contribution in [1.82, 2.24) is 19.4 Å². The molecule has 0 bridgehead atoms. The van der Waals surface area contributed by atoms with E-state index < -0.39 is 29.9 Å². The molecule has 0 spiro atoms. The summed E-state index contributed by atoms with van der Waals surface area (Å²) < 4.78 is 72.9. The van der Waals surface area contributed by atoms with Gasteiger partial charge in [-0.05, 0) is 118 Å². The topological polar surface area (TPSA) is 118 Å². The minimum Gasteiger partial charge on any atom is -0.388 e. The van der Waals surface area contributed by atoms with E-state index in [-0.39, 0.29) is 23.4 Å². The zero-order valence-electron chi connectivity index (χ0n) is 30.6. The van der Waals surface area contributed by atoms with Crippen LogP contribution in [0, 0.1) is 11.7 Å². The number of nitrogens with one attached hydrogen (secondary N) is 1. The summed E-state index contributed by atoms with van der Waals surface area (Å²) in [6.45, 7) is 4.78. The first-order valence-corrected chi connectivity index (χ1v) is 19.6. The molecule has 0 aliphatic heterocycles. The van der Waals surface area contributed by atoms with Crippen molar-refractivity contribution in [2.45, 2.75) is 94.8 Å². The smallest absolute Gasteiger partial charge is 0.388 e. The Kier molecular flexibility index (Phi) is 13.8. The maximum atomic E-state index is 16.4. The number of benzene rings is 2. The van der Waals surface area contributed by atoms with Crippen LogP contribution in [-0.2, 0) is 12.6 Å². The van der Waals surface area contributed by atoms with Crippen molar-refractivity contribution >= 4 is 28.6 Å². The molecule has 1 fully saturated rings.